The van der Waals surface area contributed by atoms with Crippen LogP contribution in [0, 0.1) is 0 Å². The molecule has 23 heavy (non-hydrogen) atoms. The van der Waals surface area contributed by atoms with E-state index in [0.717, 1.165) is 6.26 Å². The molecule has 0 aliphatic carbocycles. The van der Waals surface area contributed by atoms with Gasteiger partial charge < -0.3 is 19.9 Å². The van der Waals surface area contributed by atoms with Gasteiger partial charge in [-0.2, -0.15) is 0 Å². The molecule has 8 nitrogen and oxygen atoms in total. The summed E-state index contributed by atoms with van der Waals surface area (Å²) in [5.74, 6) is 0.109. The summed E-state index contributed by atoms with van der Waals surface area (Å²) in [4.78, 5) is 12.4. The number of phenols is 1. The van der Waals surface area contributed by atoms with Gasteiger partial charge in [0.2, 0.25) is 16.8 Å². The molecule has 1 saturated heterocycles. The van der Waals surface area contributed by atoms with E-state index in [2.05, 4.69) is 5.32 Å². The number of piperidine rings is 1. The lowest BCUT2D eigenvalue weighted by molar-refractivity contribution is 0.0918. The fourth-order valence-electron chi connectivity index (χ4n) is 2.74. The molecule has 1 aromatic carbocycles. The fourth-order valence-corrected chi connectivity index (χ4v) is 3.65. The Hall–Kier alpha value is -2.00. The Labute approximate surface area is 134 Å². The number of carbonyl (C=O) groups excluding carboxylic acids is 1. The highest BCUT2D eigenvalue weighted by atomic mass is 32.2. The maximum atomic E-state index is 12.4. The third kappa shape index (κ3) is 3.35. The summed E-state index contributed by atoms with van der Waals surface area (Å²) in [5, 5.41) is 12.7. The number of benzene rings is 1. The van der Waals surface area contributed by atoms with E-state index in [-0.39, 0.29) is 30.7 Å². The molecule has 0 bridgehead atoms. The van der Waals surface area contributed by atoms with Crippen molar-refractivity contribution in [2.75, 3.05) is 26.1 Å². The molecule has 0 aromatic heterocycles. The Kier molecular flexibility index (Phi) is 4.07. The van der Waals surface area contributed by atoms with Crippen LogP contribution in [-0.4, -0.2) is 55.9 Å². The molecule has 3 rings (SSSR count). The summed E-state index contributed by atoms with van der Waals surface area (Å²) in [6, 6.07) is 2.46. The first-order valence-corrected chi connectivity index (χ1v) is 9.08. The van der Waals surface area contributed by atoms with Crippen LogP contribution in [0.25, 0.3) is 0 Å². The number of nitrogens with zero attached hydrogens (tertiary/aromatic N) is 1. The summed E-state index contributed by atoms with van der Waals surface area (Å²) in [6.07, 6.45) is 2.51. The minimum Gasteiger partial charge on any atom is -0.507 e. The van der Waals surface area contributed by atoms with Crippen LogP contribution in [0.15, 0.2) is 12.1 Å². The first kappa shape index (κ1) is 15.9. The second-order valence-corrected chi connectivity index (χ2v) is 7.64. The van der Waals surface area contributed by atoms with Crippen molar-refractivity contribution in [2.45, 2.75) is 18.9 Å². The normalized spacial score (nSPS) is 21.2. The number of ether oxygens (including phenoxy) is 2. The Balaban J connectivity index is 1.72. The summed E-state index contributed by atoms with van der Waals surface area (Å²) >= 11 is 0. The van der Waals surface area contributed by atoms with Gasteiger partial charge in [0.05, 0.1) is 11.8 Å². The highest BCUT2D eigenvalue weighted by molar-refractivity contribution is 7.88. The molecule has 2 heterocycles. The van der Waals surface area contributed by atoms with Gasteiger partial charge in [-0.15, -0.1) is 0 Å². The van der Waals surface area contributed by atoms with E-state index in [1.807, 2.05) is 0 Å². The summed E-state index contributed by atoms with van der Waals surface area (Å²) in [7, 11) is -3.28. The molecule has 0 spiro atoms. The van der Waals surface area contributed by atoms with Crippen LogP contribution in [-0.2, 0) is 10.0 Å². The zero-order valence-corrected chi connectivity index (χ0v) is 13.4. The Bertz CT molecular complexity index is 733. The van der Waals surface area contributed by atoms with Crippen molar-refractivity contribution in [3.63, 3.8) is 0 Å². The Morgan fingerprint density at radius 3 is 2.74 bits per heavy atom. The standard InChI is InChI=1S/C14H18N2O6S/c1-23(19,20)16-4-2-3-9(7-16)15-14(18)10-5-12-13(6-11(10)17)22-8-21-12/h5-6,9,17H,2-4,7-8H2,1H3,(H,15,18)/t9-/m1/s1. The molecule has 1 amide bonds. The van der Waals surface area contributed by atoms with E-state index < -0.39 is 15.9 Å². The van der Waals surface area contributed by atoms with Gasteiger partial charge in [0, 0.05) is 31.3 Å². The first-order chi connectivity index (χ1) is 10.8. The third-order valence-electron chi connectivity index (χ3n) is 3.92. The maximum absolute atomic E-state index is 12.4. The molecule has 1 atom stereocenters. The average molecular weight is 342 g/mol. The smallest absolute Gasteiger partial charge is 0.255 e. The number of sulfonamides is 1. The number of rotatable bonds is 3. The highest BCUT2D eigenvalue weighted by Crippen LogP contribution is 2.37. The molecule has 0 saturated carbocycles. The molecule has 2 N–H and O–H groups in total. The van der Waals surface area contributed by atoms with Crippen molar-refractivity contribution in [2.24, 2.45) is 0 Å². The molecule has 2 aliphatic rings. The lowest BCUT2D eigenvalue weighted by Gasteiger charge is -2.31. The third-order valence-corrected chi connectivity index (χ3v) is 5.19. The summed E-state index contributed by atoms with van der Waals surface area (Å²) in [5.41, 5.74) is 0.0747. The minimum atomic E-state index is -3.28. The second-order valence-electron chi connectivity index (χ2n) is 5.66. The Morgan fingerprint density at radius 2 is 2.04 bits per heavy atom. The average Bonchev–Trinajstić information content (AvgIpc) is 2.92. The van der Waals surface area contributed by atoms with Gasteiger partial charge in [-0.05, 0) is 12.8 Å². The molecule has 9 heteroatoms. The lowest BCUT2D eigenvalue weighted by Crippen LogP contribution is -2.49. The van der Waals surface area contributed by atoms with Gasteiger partial charge in [0.25, 0.3) is 5.91 Å². The van der Waals surface area contributed by atoms with Gasteiger partial charge in [0.15, 0.2) is 11.5 Å². The maximum Gasteiger partial charge on any atom is 0.255 e. The van der Waals surface area contributed by atoms with Crippen molar-refractivity contribution in [3.05, 3.63) is 17.7 Å². The van der Waals surface area contributed by atoms with Gasteiger partial charge in [-0.1, -0.05) is 0 Å². The number of hydrogen-bond donors (Lipinski definition) is 2. The van der Waals surface area contributed by atoms with Crippen LogP contribution in [0.4, 0.5) is 0 Å². The van der Waals surface area contributed by atoms with E-state index in [0.29, 0.717) is 30.9 Å². The van der Waals surface area contributed by atoms with Crippen LogP contribution in [0.3, 0.4) is 0 Å². The van der Waals surface area contributed by atoms with E-state index >= 15 is 0 Å². The van der Waals surface area contributed by atoms with E-state index in [9.17, 15) is 18.3 Å². The molecule has 0 unspecified atom stereocenters. The van der Waals surface area contributed by atoms with Crippen molar-refractivity contribution < 1.29 is 27.8 Å². The Morgan fingerprint density at radius 1 is 1.35 bits per heavy atom. The number of amides is 1. The number of fused-ring (bicyclic) bond motifs is 1. The number of aromatic hydroxyl groups is 1. The zero-order valence-electron chi connectivity index (χ0n) is 12.6. The quantitative estimate of drug-likeness (QED) is 0.817. The molecule has 1 fully saturated rings. The van der Waals surface area contributed by atoms with E-state index in [1.165, 1.54) is 16.4 Å². The molecule has 1 aromatic rings. The second kappa shape index (κ2) is 5.89. The predicted octanol–water partition coefficient (Wildman–Crippen LogP) is 0.275. The van der Waals surface area contributed by atoms with Gasteiger partial charge in [-0.3, -0.25) is 4.79 Å². The molecule has 2 aliphatic heterocycles. The van der Waals surface area contributed by atoms with Crippen LogP contribution >= 0.6 is 0 Å². The summed E-state index contributed by atoms with van der Waals surface area (Å²) in [6.45, 7) is 0.738. The van der Waals surface area contributed by atoms with Crippen molar-refractivity contribution in [1.29, 1.82) is 0 Å². The van der Waals surface area contributed by atoms with Crippen molar-refractivity contribution in [3.8, 4) is 17.2 Å². The fraction of sp³-hybridized carbons (Fsp3) is 0.500. The van der Waals surface area contributed by atoms with Crippen LogP contribution < -0.4 is 14.8 Å². The number of hydrogen-bond acceptors (Lipinski definition) is 6. The number of carbonyl (C=O) groups is 1. The van der Waals surface area contributed by atoms with Gasteiger partial charge >= 0.3 is 0 Å². The largest absolute Gasteiger partial charge is 0.507 e. The van der Waals surface area contributed by atoms with Crippen LogP contribution in [0.2, 0.25) is 0 Å². The minimum absolute atomic E-state index is 0.0474. The first-order valence-electron chi connectivity index (χ1n) is 7.23. The number of phenolic OH excluding ortho intramolecular Hbond substituents is 1. The predicted molar refractivity (Wildman–Crippen MR) is 81.1 cm³/mol. The van der Waals surface area contributed by atoms with Gasteiger partial charge in [-0.25, -0.2) is 12.7 Å². The van der Waals surface area contributed by atoms with E-state index in [4.69, 9.17) is 9.47 Å². The molecule has 0 radical (unpaired) electrons. The SMILES string of the molecule is CS(=O)(=O)N1CCC[C@@H](NC(=O)c2cc3c(cc2O)OCO3)C1. The lowest BCUT2D eigenvalue weighted by atomic mass is 10.1. The van der Waals surface area contributed by atoms with Gasteiger partial charge in [0.1, 0.15) is 5.75 Å². The highest BCUT2D eigenvalue weighted by Gasteiger charge is 2.28. The van der Waals surface area contributed by atoms with E-state index in [1.54, 1.807) is 0 Å². The summed E-state index contributed by atoms with van der Waals surface area (Å²) < 4.78 is 34.9. The van der Waals surface area contributed by atoms with Crippen LogP contribution in [0.1, 0.15) is 23.2 Å². The van der Waals surface area contributed by atoms with Crippen molar-refractivity contribution in [1.82, 2.24) is 9.62 Å². The van der Waals surface area contributed by atoms with Crippen LogP contribution in [0.5, 0.6) is 17.2 Å². The molecular formula is C14H18N2O6S. The molecular weight excluding hydrogens is 324 g/mol. The molecule has 126 valence electrons. The van der Waals surface area contributed by atoms with Crippen molar-refractivity contribution >= 4 is 15.9 Å². The monoisotopic (exact) mass is 342 g/mol. The number of nitrogens with one attached hydrogen (secondary N) is 1. The zero-order chi connectivity index (χ0) is 16.6. The topological polar surface area (TPSA) is 105 Å².